The molecule has 86 valence electrons. The Morgan fingerprint density at radius 1 is 1.50 bits per heavy atom. The first kappa shape index (κ1) is 11.0. The van der Waals surface area contributed by atoms with Gasteiger partial charge >= 0.3 is 0 Å². The van der Waals surface area contributed by atoms with Crippen LogP contribution in [-0.2, 0) is 0 Å². The zero-order valence-corrected chi connectivity index (χ0v) is 9.45. The number of aromatic amines is 1. The van der Waals surface area contributed by atoms with Crippen molar-refractivity contribution in [3.63, 3.8) is 0 Å². The summed E-state index contributed by atoms with van der Waals surface area (Å²) in [5, 5.41) is 13.9. The van der Waals surface area contributed by atoms with Gasteiger partial charge in [0.05, 0.1) is 13.2 Å². The fourth-order valence-electron chi connectivity index (χ4n) is 1.91. The molecule has 1 aromatic carbocycles. The van der Waals surface area contributed by atoms with E-state index in [1.807, 2.05) is 31.4 Å². The van der Waals surface area contributed by atoms with Crippen LogP contribution in [0.2, 0.25) is 0 Å². The van der Waals surface area contributed by atoms with Crippen LogP contribution in [0.5, 0.6) is 5.75 Å². The van der Waals surface area contributed by atoms with Crippen LogP contribution in [0.3, 0.4) is 0 Å². The Morgan fingerprint density at radius 2 is 2.31 bits per heavy atom. The van der Waals surface area contributed by atoms with Crippen molar-refractivity contribution in [3.8, 4) is 5.75 Å². The number of aliphatic hydroxyl groups excluding tert-OH is 1. The summed E-state index contributed by atoms with van der Waals surface area (Å²) >= 11 is 0. The highest BCUT2D eigenvalue weighted by atomic mass is 16.5. The average Bonchev–Trinajstić information content (AvgIpc) is 2.72. The van der Waals surface area contributed by atoms with E-state index in [2.05, 4.69) is 10.3 Å². The minimum atomic E-state index is -0.532. The number of hydrogen-bond acceptors (Lipinski definition) is 3. The van der Waals surface area contributed by atoms with Gasteiger partial charge in [0.15, 0.2) is 0 Å². The maximum Gasteiger partial charge on any atom is 0.128 e. The molecule has 0 saturated heterocycles. The van der Waals surface area contributed by atoms with Gasteiger partial charge in [0, 0.05) is 29.2 Å². The predicted octanol–water partition coefficient (Wildman–Crippen LogP) is 1.43. The van der Waals surface area contributed by atoms with E-state index in [0.717, 1.165) is 22.2 Å². The van der Waals surface area contributed by atoms with Crippen molar-refractivity contribution >= 4 is 10.9 Å². The second-order valence-electron chi connectivity index (χ2n) is 3.70. The van der Waals surface area contributed by atoms with Gasteiger partial charge in [-0.3, -0.25) is 0 Å². The first-order valence-corrected chi connectivity index (χ1v) is 5.24. The van der Waals surface area contributed by atoms with Crippen molar-refractivity contribution in [1.82, 2.24) is 10.3 Å². The third kappa shape index (κ3) is 1.77. The number of aliphatic hydroxyl groups is 1. The highest BCUT2D eigenvalue weighted by Crippen LogP contribution is 2.31. The molecule has 0 amide bonds. The zero-order chi connectivity index (χ0) is 11.5. The van der Waals surface area contributed by atoms with E-state index < -0.39 is 6.10 Å². The Bertz CT molecular complexity index is 479. The lowest BCUT2D eigenvalue weighted by molar-refractivity contribution is 0.179. The summed E-state index contributed by atoms with van der Waals surface area (Å²) in [5.41, 5.74) is 1.84. The van der Waals surface area contributed by atoms with E-state index in [0.29, 0.717) is 6.54 Å². The standard InChI is InChI=1S/C12H16N2O2/c1-13-7-10(15)8-6-14-9-4-3-5-11(16-2)12(8)9/h3-6,10,13-15H,7H2,1-2H3. The molecule has 0 aliphatic rings. The van der Waals surface area contributed by atoms with Gasteiger partial charge in [0.25, 0.3) is 0 Å². The molecular formula is C12H16N2O2. The van der Waals surface area contributed by atoms with E-state index >= 15 is 0 Å². The van der Waals surface area contributed by atoms with Crippen LogP contribution in [-0.4, -0.2) is 30.8 Å². The molecule has 1 atom stereocenters. The summed E-state index contributed by atoms with van der Waals surface area (Å²) in [6.07, 6.45) is 1.30. The highest BCUT2D eigenvalue weighted by molar-refractivity contribution is 5.89. The fraction of sp³-hybridized carbons (Fsp3) is 0.333. The average molecular weight is 220 g/mol. The van der Waals surface area contributed by atoms with Crippen molar-refractivity contribution in [2.75, 3.05) is 20.7 Å². The van der Waals surface area contributed by atoms with E-state index in [9.17, 15) is 5.11 Å². The molecule has 4 nitrogen and oxygen atoms in total. The number of rotatable bonds is 4. The van der Waals surface area contributed by atoms with Gasteiger partial charge in [-0.25, -0.2) is 0 Å². The van der Waals surface area contributed by atoms with Crippen molar-refractivity contribution in [1.29, 1.82) is 0 Å². The van der Waals surface area contributed by atoms with Crippen LogP contribution in [0.25, 0.3) is 10.9 Å². The van der Waals surface area contributed by atoms with Gasteiger partial charge in [-0.1, -0.05) is 6.07 Å². The molecule has 1 unspecified atom stereocenters. The molecule has 16 heavy (non-hydrogen) atoms. The van der Waals surface area contributed by atoms with Crippen LogP contribution >= 0.6 is 0 Å². The lowest BCUT2D eigenvalue weighted by atomic mass is 10.1. The Kier molecular flexibility index (Phi) is 3.12. The molecule has 2 rings (SSSR count). The zero-order valence-electron chi connectivity index (χ0n) is 9.45. The molecule has 2 aromatic rings. The Morgan fingerprint density at radius 3 is 3.00 bits per heavy atom. The summed E-state index contributed by atoms with van der Waals surface area (Å²) in [7, 11) is 3.45. The minimum absolute atomic E-state index is 0.519. The van der Waals surface area contributed by atoms with Crippen LogP contribution in [0.4, 0.5) is 0 Å². The number of nitrogens with one attached hydrogen (secondary N) is 2. The van der Waals surface area contributed by atoms with Crippen molar-refractivity contribution in [3.05, 3.63) is 30.0 Å². The molecule has 3 N–H and O–H groups in total. The monoisotopic (exact) mass is 220 g/mol. The molecule has 1 heterocycles. The largest absolute Gasteiger partial charge is 0.496 e. The number of aromatic nitrogens is 1. The smallest absolute Gasteiger partial charge is 0.128 e. The molecule has 0 spiro atoms. The summed E-state index contributed by atoms with van der Waals surface area (Å²) in [4.78, 5) is 3.13. The van der Waals surface area contributed by atoms with E-state index in [-0.39, 0.29) is 0 Å². The lowest BCUT2D eigenvalue weighted by Gasteiger charge is -2.10. The van der Waals surface area contributed by atoms with E-state index in [1.54, 1.807) is 7.11 Å². The Balaban J connectivity index is 2.53. The number of fused-ring (bicyclic) bond motifs is 1. The molecule has 4 heteroatoms. The van der Waals surface area contributed by atoms with E-state index in [4.69, 9.17) is 4.74 Å². The summed E-state index contributed by atoms with van der Waals surface area (Å²) in [6.45, 7) is 0.519. The molecule has 0 radical (unpaired) electrons. The van der Waals surface area contributed by atoms with Gasteiger partial charge in [-0.05, 0) is 19.2 Å². The lowest BCUT2D eigenvalue weighted by Crippen LogP contribution is -2.16. The third-order valence-electron chi connectivity index (χ3n) is 2.67. The number of methoxy groups -OCH3 is 1. The van der Waals surface area contributed by atoms with Gasteiger partial charge in [-0.15, -0.1) is 0 Å². The quantitative estimate of drug-likeness (QED) is 0.730. The van der Waals surface area contributed by atoms with Gasteiger partial charge < -0.3 is 20.1 Å². The third-order valence-corrected chi connectivity index (χ3v) is 2.67. The number of likely N-dealkylation sites (N-methyl/N-ethyl adjacent to an activating group) is 1. The summed E-state index contributed by atoms with van der Waals surface area (Å²) in [6, 6.07) is 5.78. The van der Waals surface area contributed by atoms with Crippen molar-refractivity contribution < 1.29 is 9.84 Å². The first-order valence-electron chi connectivity index (χ1n) is 5.24. The molecule has 0 saturated carbocycles. The molecule has 1 aromatic heterocycles. The van der Waals surface area contributed by atoms with Crippen molar-refractivity contribution in [2.24, 2.45) is 0 Å². The second-order valence-corrected chi connectivity index (χ2v) is 3.70. The van der Waals surface area contributed by atoms with Crippen LogP contribution in [0.15, 0.2) is 24.4 Å². The van der Waals surface area contributed by atoms with Crippen LogP contribution < -0.4 is 10.1 Å². The maximum atomic E-state index is 9.99. The SMILES string of the molecule is CNCC(O)c1c[nH]c2cccc(OC)c12. The fourth-order valence-corrected chi connectivity index (χ4v) is 1.91. The molecular weight excluding hydrogens is 204 g/mol. The predicted molar refractivity (Wildman–Crippen MR) is 63.7 cm³/mol. The van der Waals surface area contributed by atoms with E-state index in [1.165, 1.54) is 0 Å². The maximum absolute atomic E-state index is 9.99. The molecule has 0 bridgehead atoms. The normalized spacial score (nSPS) is 12.9. The van der Waals surface area contributed by atoms with Crippen molar-refractivity contribution in [2.45, 2.75) is 6.10 Å². The van der Waals surface area contributed by atoms with Gasteiger partial charge in [-0.2, -0.15) is 0 Å². The topological polar surface area (TPSA) is 57.3 Å². The summed E-state index contributed by atoms with van der Waals surface area (Å²) < 4.78 is 5.30. The van der Waals surface area contributed by atoms with Crippen LogP contribution in [0.1, 0.15) is 11.7 Å². The first-order chi connectivity index (χ1) is 7.77. The molecule has 0 aliphatic carbocycles. The Labute approximate surface area is 94.2 Å². The van der Waals surface area contributed by atoms with Gasteiger partial charge in [0.1, 0.15) is 5.75 Å². The summed E-state index contributed by atoms with van der Waals surface area (Å²) in [5.74, 6) is 0.781. The minimum Gasteiger partial charge on any atom is -0.496 e. The number of H-pyrrole nitrogens is 1. The Hall–Kier alpha value is -1.52. The van der Waals surface area contributed by atoms with Crippen LogP contribution in [0, 0.1) is 0 Å². The number of hydrogen-bond donors (Lipinski definition) is 3. The molecule has 0 aliphatic heterocycles. The number of benzene rings is 1. The second kappa shape index (κ2) is 4.55. The van der Waals surface area contributed by atoms with Gasteiger partial charge in [0.2, 0.25) is 0 Å². The highest BCUT2D eigenvalue weighted by Gasteiger charge is 2.15. The molecule has 0 fully saturated rings. The number of ether oxygens (including phenoxy) is 1.